The molecule has 21 heavy (non-hydrogen) atoms. The van der Waals surface area contributed by atoms with E-state index in [1.165, 1.54) is 6.07 Å². The highest BCUT2D eigenvalue weighted by Crippen LogP contribution is 2.26. The number of nitrogens with one attached hydrogen (secondary N) is 2. The van der Waals surface area contributed by atoms with E-state index < -0.39 is 5.82 Å². The largest absolute Gasteiger partial charge is 0.373 e. The van der Waals surface area contributed by atoms with Crippen molar-refractivity contribution < 1.29 is 4.39 Å². The minimum atomic E-state index is -0.557. The first-order chi connectivity index (χ1) is 10.1. The highest BCUT2D eigenvalue weighted by molar-refractivity contribution is 5.69. The van der Waals surface area contributed by atoms with Gasteiger partial charge in [0.15, 0.2) is 0 Å². The standard InChI is InChI=1S/C15H16FN5/c1-4-13-20-14(18-3)9(2)15(21-13)19-12-7-5-6-11(16)10(12)8-17/h5-7H,4H2,1-3H3,(H2,18,19,20,21). The molecule has 1 aromatic carbocycles. The van der Waals surface area contributed by atoms with E-state index in [4.69, 9.17) is 5.26 Å². The second-order valence-corrected chi connectivity index (χ2v) is 4.46. The first-order valence-electron chi connectivity index (χ1n) is 6.61. The van der Waals surface area contributed by atoms with Crippen LogP contribution in [-0.2, 0) is 6.42 Å². The van der Waals surface area contributed by atoms with E-state index in [1.54, 1.807) is 19.2 Å². The third-order valence-electron chi connectivity index (χ3n) is 3.12. The van der Waals surface area contributed by atoms with E-state index in [0.29, 0.717) is 29.6 Å². The van der Waals surface area contributed by atoms with Gasteiger partial charge in [-0.25, -0.2) is 14.4 Å². The minimum Gasteiger partial charge on any atom is -0.373 e. The van der Waals surface area contributed by atoms with Gasteiger partial charge in [-0.05, 0) is 19.1 Å². The molecule has 0 unspecified atom stereocenters. The molecular formula is C15H16FN5. The van der Waals surface area contributed by atoms with Crippen molar-refractivity contribution in [1.29, 1.82) is 5.26 Å². The Kier molecular flexibility index (Phi) is 4.33. The predicted molar refractivity (Wildman–Crippen MR) is 80.1 cm³/mol. The molecule has 1 aromatic heterocycles. The van der Waals surface area contributed by atoms with Gasteiger partial charge in [0, 0.05) is 19.0 Å². The van der Waals surface area contributed by atoms with Gasteiger partial charge in [-0.1, -0.05) is 13.0 Å². The normalized spacial score (nSPS) is 10.0. The van der Waals surface area contributed by atoms with Gasteiger partial charge in [-0.15, -0.1) is 0 Å². The van der Waals surface area contributed by atoms with Crippen LogP contribution in [-0.4, -0.2) is 17.0 Å². The van der Waals surface area contributed by atoms with E-state index in [1.807, 2.05) is 19.9 Å². The van der Waals surface area contributed by atoms with Crippen LogP contribution in [0.1, 0.15) is 23.9 Å². The Balaban J connectivity index is 2.50. The van der Waals surface area contributed by atoms with Crippen LogP contribution in [0.2, 0.25) is 0 Å². The monoisotopic (exact) mass is 285 g/mol. The number of hydrogen-bond donors (Lipinski definition) is 2. The van der Waals surface area contributed by atoms with Crippen LogP contribution in [0.15, 0.2) is 18.2 Å². The third-order valence-corrected chi connectivity index (χ3v) is 3.12. The molecule has 0 aliphatic rings. The molecule has 2 aromatic rings. The SMILES string of the molecule is CCc1nc(NC)c(C)c(Nc2cccc(F)c2C#N)n1. The van der Waals surface area contributed by atoms with Gasteiger partial charge >= 0.3 is 0 Å². The fourth-order valence-electron chi connectivity index (χ4n) is 1.96. The van der Waals surface area contributed by atoms with E-state index in [-0.39, 0.29) is 5.56 Å². The van der Waals surface area contributed by atoms with Crippen LogP contribution in [0.4, 0.5) is 21.7 Å². The molecule has 1 heterocycles. The lowest BCUT2D eigenvalue weighted by atomic mass is 10.1. The van der Waals surface area contributed by atoms with Gasteiger partial charge < -0.3 is 10.6 Å². The van der Waals surface area contributed by atoms with Crippen LogP contribution in [0.5, 0.6) is 0 Å². The van der Waals surface area contributed by atoms with Crippen molar-refractivity contribution in [2.75, 3.05) is 17.7 Å². The molecule has 2 rings (SSSR count). The third kappa shape index (κ3) is 2.92. The van der Waals surface area contributed by atoms with Gasteiger partial charge in [0.05, 0.1) is 5.69 Å². The Labute approximate surface area is 122 Å². The Bertz CT molecular complexity index is 706. The molecule has 6 heteroatoms. The quantitative estimate of drug-likeness (QED) is 0.902. The summed E-state index contributed by atoms with van der Waals surface area (Å²) in [6, 6.07) is 6.32. The molecule has 2 N–H and O–H groups in total. The summed E-state index contributed by atoms with van der Waals surface area (Å²) < 4.78 is 13.6. The Morgan fingerprint density at radius 3 is 2.62 bits per heavy atom. The topological polar surface area (TPSA) is 73.6 Å². The molecule has 0 amide bonds. The van der Waals surface area contributed by atoms with Crippen LogP contribution >= 0.6 is 0 Å². The lowest BCUT2D eigenvalue weighted by Gasteiger charge is -2.14. The first-order valence-corrected chi connectivity index (χ1v) is 6.61. The Morgan fingerprint density at radius 2 is 2.00 bits per heavy atom. The molecule has 0 fully saturated rings. The number of rotatable bonds is 4. The summed E-state index contributed by atoms with van der Waals surface area (Å²) in [5.74, 6) is 1.38. The maximum Gasteiger partial charge on any atom is 0.143 e. The van der Waals surface area contributed by atoms with Crippen molar-refractivity contribution in [2.24, 2.45) is 0 Å². The first kappa shape index (κ1) is 14.7. The summed E-state index contributed by atoms with van der Waals surface area (Å²) in [6.45, 7) is 3.82. The highest BCUT2D eigenvalue weighted by atomic mass is 19.1. The molecule has 0 bridgehead atoms. The lowest BCUT2D eigenvalue weighted by Crippen LogP contribution is -2.07. The number of nitriles is 1. The molecule has 0 atom stereocenters. The zero-order valence-corrected chi connectivity index (χ0v) is 12.2. The fourth-order valence-corrected chi connectivity index (χ4v) is 1.96. The van der Waals surface area contributed by atoms with E-state index in [9.17, 15) is 4.39 Å². The van der Waals surface area contributed by atoms with Gasteiger partial charge in [-0.2, -0.15) is 5.26 Å². The average molecular weight is 285 g/mol. The number of aromatic nitrogens is 2. The molecule has 0 radical (unpaired) electrons. The number of benzene rings is 1. The number of nitrogens with zero attached hydrogens (tertiary/aromatic N) is 3. The van der Waals surface area contributed by atoms with Crippen molar-refractivity contribution in [1.82, 2.24) is 9.97 Å². The summed E-state index contributed by atoms with van der Waals surface area (Å²) in [6.07, 6.45) is 0.678. The summed E-state index contributed by atoms with van der Waals surface area (Å²) in [7, 11) is 1.78. The van der Waals surface area contributed by atoms with E-state index in [2.05, 4.69) is 20.6 Å². The van der Waals surface area contributed by atoms with Crippen LogP contribution in [0.3, 0.4) is 0 Å². The van der Waals surface area contributed by atoms with E-state index in [0.717, 1.165) is 5.56 Å². The second-order valence-electron chi connectivity index (χ2n) is 4.46. The lowest BCUT2D eigenvalue weighted by molar-refractivity contribution is 0.624. The zero-order chi connectivity index (χ0) is 15.4. The number of aryl methyl sites for hydroxylation is 1. The molecule has 5 nitrogen and oxygen atoms in total. The number of hydrogen-bond acceptors (Lipinski definition) is 5. The Morgan fingerprint density at radius 1 is 1.29 bits per heavy atom. The summed E-state index contributed by atoms with van der Waals surface area (Å²) in [4.78, 5) is 8.78. The molecule has 0 saturated carbocycles. The van der Waals surface area contributed by atoms with E-state index >= 15 is 0 Å². The smallest absolute Gasteiger partial charge is 0.143 e. The van der Waals surface area contributed by atoms with Gasteiger partial charge in [0.1, 0.15) is 34.9 Å². The van der Waals surface area contributed by atoms with Gasteiger partial charge in [0.2, 0.25) is 0 Å². The molecule has 0 aliphatic carbocycles. The predicted octanol–water partition coefficient (Wildman–Crippen LogP) is 3.14. The average Bonchev–Trinajstić information content (AvgIpc) is 2.49. The van der Waals surface area contributed by atoms with Crippen molar-refractivity contribution in [3.8, 4) is 6.07 Å². The van der Waals surface area contributed by atoms with Crippen LogP contribution in [0.25, 0.3) is 0 Å². The van der Waals surface area contributed by atoms with Crippen molar-refractivity contribution in [3.63, 3.8) is 0 Å². The Hall–Kier alpha value is -2.68. The fraction of sp³-hybridized carbons (Fsp3) is 0.267. The number of anilines is 3. The second kappa shape index (κ2) is 6.18. The highest BCUT2D eigenvalue weighted by Gasteiger charge is 2.13. The maximum atomic E-state index is 13.6. The van der Waals surface area contributed by atoms with Crippen molar-refractivity contribution >= 4 is 17.3 Å². The molecule has 108 valence electrons. The molecule has 0 spiro atoms. The van der Waals surface area contributed by atoms with Crippen molar-refractivity contribution in [2.45, 2.75) is 20.3 Å². The van der Waals surface area contributed by atoms with Crippen LogP contribution < -0.4 is 10.6 Å². The summed E-state index contributed by atoms with van der Waals surface area (Å²) in [5, 5.41) is 15.1. The number of halogens is 1. The van der Waals surface area contributed by atoms with Gasteiger partial charge in [-0.3, -0.25) is 0 Å². The zero-order valence-electron chi connectivity index (χ0n) is 12.2. The maximum absolute atomic E-state index is 13.6. The molecule has 0 saturated heterocycles. The summed E-state index contributed by atoms with van der Waals surface area (Å²) in [5.41, 5.74) is 1.17. The van der Waals surface area contributed by atoms with Gasteiger partial charge in [0.25, 0.3) is 0 Å². The molecular weight excluding hydrogens is 269 g/mol. The minimum absolute atomic E-state index is 0.0282. The summed E-state index contributed by atoms with van der Waals surface area (Å²) >= 11 is 0. The van der Waals surface area contributed by atoms with Crippen LogP contribution in [0, 0.1) is 24.1 Å². The molecule has 0 aliphatic heterocycles. The van der Waals surface area contributed by atoms with Crippen molar-refractivity contribution in [3.05, 3.63) is 41.0 Å².